The minimum atomic E-state index is -0.657. The number of alkyl halides is 1. The molecule has 5 N–H and O–H groups in total. The van der Waals surface area contributed by atoms with Crippen molar-refractivity contribution in [1.29, 1.82) is 0 Å². The van der Waals surface area contributed by atoms with Crippen molar-refractivity contribution in [2.24, 2.45) is 0 Å². The largest absolute Gasteiger partial charge is 1.00 e. The second-order valence-corrected chi connectivity index (χ2v) is 14.3. The van der Waals surface area contributed by atoms with E-state index >= 15 is 0 Å². The Hall–Kier alpha value is -2.55. The number of benzene rings is 5. The summed E-state index contributed by atoms with van der Waals surface area (Å²) in [5.41, 5.74) is 7.21. The molecule has 20 nitrogen and oxygen atoms in total. The molecule has 378 valence electrons. The van der Waals surface area contributed by atoms with Crippen LogP contribution in [0.1, 0.15) is 12.6 Å². The van der Waals surface area contributed by atoms with Gasteiger partial charge in [-0.05, 0) is 89.8 Å². The monoisotopic (exact) mass is 1260 g/mol. The molecular formula is C46H64Cl2Cs2N6O14. The van der Waals surface area contributed by atoms with E-state index in [9.17, 15) is 30.4 Å². The van der Waals surface area contributed by atoms with Crippen LogP contribution in [0.25, 0.3) is 0 Å². The van der Waals surface area contributed by atoms with E-state index in [4.69, 9.17) is 51.4 Å². The zero-order valence-corrected chi connectivity index (χ0v) is 55.3. The number of aromatic hydroxyl groups is 2. The van der Waals surface area contributed by atoms with Gasteiger partial charge in [0.2, 0.25) is 17.2 Å². The zero-order valence-electron chi connectivity index (χ0n) is 42.1. The molecule has 0 bridgehead atoms. The molecule has 0 atom stereocenters. The second-order valence-electron chi connectivity index (χ2n) is 14.0. The van der Waals surface area contributed by atoms with Crippen molar-refractivity contribution in [2.75, 3.05) is 93.9 Å². The predicted octanol–water partition coefficient (Wildman–Crippen LogP) is 0.281. The van der Waals surface area contributed by atoms with Gasteiger partial charge in [0.1, 0.15) is 43.6 Å². The fraction of sp³-hybridized carbons (Fsp3) is 0.326. The Balaban J connectivity index is -0.000000273. The number of halogens is 2. The maximum atomic E-state index is 11.4. The van der Waals surface area contributed by atoms with Crippen molar-refractivity contribution in [3.8, 4) is 34.5 Å². The molecule has 0 saturated heterocycles. The molecule has 0 heterocycles. The summed E-state index contributed by atoms with van der Waals surface area (Å²) in [6.07, 6.45) is 0. The number of hydrogen-bond donors (Lipinski definition) is 4. The number of likely N-dealkylation sites (N-methyl/N-ethyl adjacent to an activating group) is 2. The Labute approximate surface area is 540 Å². The van der Waals surface area contributed by atoms with E-state index in [0.29, 0.717) is 31.2 Å². The van der Waals surface area contributed by atoms with Crippen LogP contribution in [0.5, 0.6) is 34.5 Å². The Morgan fingerprint density at radius 1 is 0.586 bits per heavy atom. The van der Waals surface area contributed by atoms with Gasteiger partial charge in [-0.3, -0.25) is 25.0 Å². The van der Waals surface area contributed by atoms with Crippen molar-refractivity contribution in [2.45, 2.75) is 13.2 Å². The number of carbonyl (C=O) groups excluding carboxylic acids is 1. The molecule has 0 fully saturated rings. The number of rotatable bonds is 19. The first-order chi connectivity index (χ1) is 32.1. The Morgan fingerprint density at radius 2 is 0.929 bits per heavy atom. The van der Waals surface area contributed by atoms with E-state index in [1.165, 1.54) is 24.3 Å². The number of nitro groups is 2. The van der Waals surface area contributed by atoms with Crippen LogP contribution in [0, 0.1) is 20.2 Å². The first-order valence-corrected chi connectivity index (χ1v) is 20.7. The predicted molar refractivity (Wildman–Crippen MR) is 263 cm³/mol. The Bertz CT molecular complexity index is 2130. The van der Waals surface area contributed by atoms with E-state index in [0.717, 1.165) is 37.2 Å². The molecule has 0 aromatic heterocycles. The summed E-state index contributed by atoms with van der Waals surface area (Å²) < 4.78 is 21.9. The molecule has 0 amide bonds. The number of hydrogen-bond acceptors (Lipinski definition) is 18. The quantitative estimate of drug-likeness (QED) is 0.0165. The maximum Gasteiger partial charge on any atom is 1.00 e. The number of phenols is 2. The molecule has 5 aromatic carbocycles. The number of nitrogens with zero attached hydrogens (tertiary/aromatic N) is 5. The third kappa shape index (κ3) is 34.0. The number of carbonyl (C=O) groups is 1. The summed E-state index contributed by atoms with van der Waals surface area (Å²) in [6.45, 7) is 3.69. The first kappa shape index (κ1) is 74.0. The number of nitrogens with two attached hydrogens (primary N) is 1. The number of para-hydroxylation sites is 3. The molecule has 0 aliphatic carbocycles. The molecule has 0 radical (unpaired) electrons. The summed E-state index contributed by atoms with van der Waals surface area (Å²) in [5.74, 6) is 1.42. The zero-order chi connectivity index (χ0) is 50.6. The minimum Gasteiger partial charge on any atom is -1.00 e. The molecule has 0 aliphatic rings. The van der Waals surface area contributed by atoms with Gasteiger partial charge >= 0.3 is 149 Å². The van der Waals surface area contributed by atoms with Crippen molar-refractivity contribution < 1.29 is 198 Å². The number of aliphatic hydroxyl groups is 1. The molecule has 24 heteroatoms. The van der Waals surface area contributed by atoms with Crippen molar-refractivity contribution in [3.05, 3.63) is 147 Å². The minimum absolute atomic E-state index is 0. The summed E-state index contributed by atoms with van der Waals surface area (Å²) in [4.78, 5) is 38.3. The number of anilines is 1. The molecule has 0 saturated carbocycles. The molecule has 0 unspecified atom stereocenters. The summed E-state index contributed by atoms with van der Waals surface area (Å²) in [7, 11) is 12.8. The van der Waals surface area contributed by atoms with Crippen LogP contribution in [0.3, 0.4) is 0 Å². The normalized spacial score (nSPS) is 9.39. The first-order valence-electron chi connectivity index (χ1n) is 20.1. The van der Waals surface area contributed by atoms with Crippen molar-refractivity contribution in [3.63, 3.8) is 0 Å². The van der Waals surface area contributed by atoms with Gasteiger partial charge in [0, 0.05) is 32.6 Å². The third-order valence-corrected chi connectivity index (χ3v) is 8.15. The Kier molecular flexibility index (Phi) is 48.9. The number of phenolic OH excluding ortho intramolecular Hbond substituents is 2. The summed E-state index contributed by atoms with van der Waals surface area (Å²) >= 11 is 5.35. The van der Waals surface area contributed by atoms with Gasteiger partial charge in [0.25, 0.3) is 6.47 Å². The average Bonchev–Trinajstić information content (AvgIpc) is 3.30. The van der Waals surface area contributed by atoms with Gasteiger partial charge in [-0.1, -0.05) is 78.9 Å². The molecule has 0 aliphatic heterocycles. The fourth-order valence-corrected chi connectivity index (χ4v) is 5.04. The van der Waals surface area contributed by atoms with Gasteiger partial charge in [-0.25, -0.2) is 0 Å². The fourth-order valence-electron chi connectivity index (χ4n) is 4.70. The topological polar surface area (TPSA) is 269 Å². The third-order valence-electron chi connectivity index (χ3n) is 7.99. The standard InChI is InChI=1S/C17H20N2O4.C13H11NO4.C10H16N2O2.C4H10ClN.CH2O3.CH4O.ClH.2Cs.H/c1-18(2)11-12-22-15-9-6-10-16(17(15)19(20)21)23-13-14-7-4-3-5-8-14;15-11-7-4-8-12(13(11)14(16)17)18-9-10-5-2-1-3-6-10;1-12(2)6-7-14-9-5-3-4-8(13)10(9)11;1-6(2)4-3-5;2-1-4-3;1-2;;;;/h3-10H,11-13H2,1-2H3;1-8,15H,9H2;3-5,13H,6-7,11H2,1-2H3;3-4H2,1-2H3;1,3H;2H,1H3;1H;;;/q;;;;;;;2*+1;-1/p-1. The van der Waals surface area contributed by atoms with Gasteiger partial charge in [0.05, 0.1) is 9.85 Å². The number of aliphatic hydroxyl groups excluding tert-OH is 1. The van der Waals surface area contributed by atoms with Crippen molar-refractivity contribution in [1.82, 2.24) is 14.7 Å². The number of nitrogen functional groups attached to an aromatic ring is 1. The smallest absolute Gasteiger partial charge is 1.00 e. The van der Waals surface area contributed by atoms with E-state index in [1.807, 2.05) is 118 Å². The molecule has 70 heavy (non-hydrogen) atoms. The van der Waals surface area contributed by atoms with Crippen LogP contribution < -0.4 is 168 Å². The van der Waals surface area contributed by atoms with Gasteiger partial charge in [-0.2, -0.15) is 0 Å². The van der Waals surface area contributed by atoms with Crippen LogP contribution >= 0.6 is 24.0 Å². The van der Waals surface area contributed by atoms with Gasteiger partial charge < -0.3 is 66.3 Å². The summed E-state index contributed by atoms with van der Waals surface area (Å²) in [5, 5.41) is 56.4. The van der Waals surface area contributed by atoms with Crippen molar-refractivity contribution >= 4 is 47.5 Å². The SMILES string of the molecule is CN(C)CCCl.CN(C)CCOc1cccc(O)c1N.CN(C)CCOc1cccc(OCc2ccccc2)c1[N+](=O)[O-].CO.Cl.O=CO[O-].O=[N+]([O-])c1c(O)cccc1OCc1ccccc1.[Cs+].[Cs+].[H-]. The second kappa shape index (κ2) is 46.3. The molecule has 5 rings (SSSR count). The van der Waals surface area contributed by atoms with Crippen LogP contribution in [-0.2, 0) is 22.9 Å². The maximum absolute atomic E-state index is 11.4. The van der Waals surface area contributed by atoms with Gasteiger partial charge in [0.15, 0.2) is 5.75 Å². The molecular weight excluding hydrogens is 1200 g/mol. The van der Waals surface area contributed by atoms with E-state index in [-0.39, 0.29) is 200 Å². The average molecular weight is 1260 g/mol. The molecule has 0 spiro atoms. The van der Waals surface area contributed by atoms with Crippen LogP contribution in [0.4, 0.5) is 17.1 Å². The van der Waals surface area contributed by atoms with Gasteiger partial charge in [-0.15, -0.1) is 24.0 Å². The van der Waals surface area contributed by atoms with Crippen LogP contribution in [0.2, 0.25) is 0 Å². The van der Waals surface area contributed by atoms with E-state index in [1.54, 1.807) is 30.3 Å². The number of nitro benzene ring substituents is 2. The van der Waals surface area contributed by atoms with E-state index in [2.05, 4.69) is 4.89 Å². The van der Waals surface area contributed by atoms with E-state index < -0.39 is 21.3 Å². The van der Waals surface area contributed by atoms with Crippen LogP contribution in [-0.4, -0.2) is 134 Å². The summed E-state index contributed by atoms with van der Waals surface area (Å²) in [6, 6.07) is 32.9. The molecule has 5 aromatic rings. The number of ether oxygens (including phenoxy) is 4. The van der Waals surface area contributed by atoms with Crippen LogP contribution in [0.15, 0.2) is 115 Å². The Morgan fingerprint density at radius 3 is 1.29 bits per heavy atom.